The van der Waals surface area contributed by atoms with Crippen LogP contribution >= 0.6 is 0 Å². The quantitative estimate of drug-likeness (QED) is 0.423. The molecule has 48 valence electrons. The van der Waals surface area contributed by atoms with Crippen LogP contribution in [0.3, 0.4) is 0 Å². The highest BCUT2D eigenvalue weighted by Crippen LogP contribution is 1.96. The van der Waals surface area contributed by atoms with Gasteiger partial charge >= 0.3 is 0 Å². The molecule has 0 rings (SSSR count). The fourth-order valence-corrected chi connectivity index (χ4v) is 0.763. The predicted octanol–water partition coefficient (Wildman–Crippen LogP) is 0.0652. The Kier molecular flexibility index (Phi) is 5.01. The van der Waals surface area contributed by atoms with Gasteiger partial charge in [-0.15, -0.1) is 0 Å². The largest absolute Gasteiger partial charge is 0.330 e. The molecule has 0 aliphatic carbocycles. The molecular formula is C6H15NSi. The van der Waals surface area contributed by atoms with Crippen LogP contribution < -0.4 is 5.73 Å². The third-order valence-electron chi connectivity index (χ3n) is 1.22. The Bertz CT molecular complexity index is 78.6. The lowest BCUT2D eigenvalue weighted by molar-refractivity contribution is 0.995. The highest BCUT2D eigenvalue weighted by molar-refractivity contribution is 6.10. The summed E-state index contributed by atoms with van der Waals surface area (Å²) in [5, 5.41) is 0. The third kappa shape index (κ3) is 4.09. The maximum Gasteiger partial charge on any atom is 0.00788 e. The Labute approximate surface area is 54.4 Å². The zero-order valence-electron chi connectivity index (χ0n) is 5.78. The van der Waals surface area contributed by atoms with Crippen LogP contribution in [0.5, 0.6) is 0 Å². The smallest absolute Gasteiger partial charge is 0.00788 e. The summed E-state index contributed by atoms with van der Waals surface area (Å²) in [6, 6.07) is 1.29. The average Bonchev–Trinajstić information content (AvgIpc) is 1.83. The van der Waals surface area contributed by atoms with E-state index in [1.165, 1.54) is 21.9 Å². The summed E-state index contributed by atoms with van der Waals surface area (Å²) < 4.78 is 0. The lowest BCUT2D eigenvalue weighted by Gasteiger charge is -1.91. The fraction of sp³-hybridized carbons (Fsp3) is 0.667. The first-order chi connectivity index (χ1) is 3.81. The van der Waals surface area contributed by atoms with Crippen molar-refractivity contribution in [3.63, 3.8) is 0 Å². The molecule has 0 spiro atoms. The minimum Gasteiger partial charge on any atom is -0.330 e. The van der Waals surface area contributed by atoms with Crippen molar-refractivity contribution in [2.75, 3.05) is 6.54 Å². The zero-order valence-corrected chi connectivity index (χ0v) is 7.78. The Hall–Kier alpha value is -0.0831. The molecule has 0 saturated carbocycles. The molecule has 0 atom stereocenters. The van der Waals surface area contributed by atoms with Crippen LogP contribution in [0.2, 0.25) is 6.04 Å². The van der Waals surface area contributed by atoms with E-state index < -0.39 is 0 Å². The molecule has 0 amide bonds. The molecule has 0 bridgehead atoms. The van der Waals surface area contributed by atoms with E-state index >= 15 is 0 Å². The molecule has 0 heterocycles. The third-order valence-corrected chi connectivity index (χ3v) is 2.33. The molecule has 2 heteroatoms. The summed E-state index contributed by atoms with van der Waals surface area (Å²) in [4.78, 5) is 0. The summed E-state index contributed by atoms with van der Waals surface area (Å²) in [7, 11) is 1.28. The summed E-state index contributed by atoms with van der Waals surface area (Å²) in [5.41, 5.74) is 6.80. The van der Waals surface area contributed by atoms with Gasteiger partial charge in [0.15, 0.2) is 0 Å². The van der Waals surface area contributed by atoms with Crippen molar-refractivity contribution in [1.29, 1.82) is 0 Å². The second-order valence-corrected chi connectivity index (χ2v) is 2.69. The minimum absolute atomic E-state index is 0.791. The standard InChI is InChI=1S/C6H15NSi/c1-6(5-8)3-2-4-7/h3H,2,4-5,7H2,1,8H3/b6-3-. The topological polar surface area (TPSA) is 26.0 Å². The van der Waals surface area contributed by atoms with Crippen molar-refractivity contribution in [3.8, 4) is 0 Å². The van der Waals surface area contributed by atoms with Gasteiger partial charge in [0.2, 0.25) is 0 Å². The van der Waals surface area contributed by atoms with E-state index in [0.717, 1.165) is 13.0 Å². The highest BCUT2D eigenvalue weighted by Gasteiger charge is 1.79. The van der Waals surface area contributed by atoms with Crippen LogP contribution in [-0.2, 0) is 0 Å². The average molecular weight is 129 g/mol. The van der Waals surface area contributed by atoms with E-state index in [1.54, 1.807) is 0 Å². The maximum atomic E-state index is 5.30. The van der Waals surface area contributed by atoms with Gasteiger partial charge in [0.05, 0.1) is 0 Å². The van der Waals surface area contributed by atoms with Crippen molar-refractivity contribution >= 4 is 10.2 Å². The molecule has 0 aliphatic rings. The monoisotopic (exact) mass is 129 g/mol. The molecular weight excluding hydrogens is 114 g/mol. The fourth-order valence-electron chi connectivity index (χ4n) is 0.474. The lowest BCUT2D eigenvalue weighted by Crippen LogP contribution is -1.95. The lowest BCUT2D eigenvalue weighted by atomic mass is 10.3. The zero-order chi connectivity index (χ0) is 6.41. The van der Waals surface area contributed by atoms with Crippen LogP contribution in [0.15, 0.2) is 11.6 Å². The number of rotatable bonds is 3. The van der Waals surface area contributed by atoms with E-state index in [4.69, 9.17) is 5.73 Å². The molecule has 0 fully saturated rings. The van der Waals surface area contributed by atoms with Gasteiger partial charge in [0.1, 0.15) is 0 Å². The Morgan fingerprint density at radius 2 is 2.38 bits per heavy atom. The van der Waals surface area contributed by atoms with Crippen LogP contribution in [0, 0.1) is 0 Å². The Balaban J connectivity index is 3.26. The summed E-state index contributed by atoms with van der Waals surface area (Å²) in [6.07, 6.45) is 3.28. The van der Waals surface area contributed by atoms with Gasteiger partial charge in [-0.25, -0.2) is 0 Å². The van der Waals surface area contributed by atoms with Gasteiger partial charge in [0.25, 0.3) is 0 Å². The van der Waals surface area contributed by atoms with E-state index in [0.29, 0.717) is 0 Å². The van der Waals surface area contributed by atoms with Crippen LogP contribution in [0.25, 0.3) is 0 Å². The van der Waals surface area contributed by atoms with Crippen molar-refractivity contribution < 1.29 is 0 Å². The van der Waals surface area contributed by atoms with Crippen LogP contribution in [-0.4, -0.2) is 16.8 Å². The molecule has 0 radical (unpaired) electrons. The molecule has 0 saturated heterocycles. The second-order valence-electron chi connectivity index (χ2n) is 1.98. The molecule has 0 aromatic heterocycles. The molecule has 0 aromatic rings. The van der Waals surface area contributed by atoms with Gasteiger partial charge in [-0.2, -0.15) is 0 Å². The number of hydrogen-bond donors (Lipinski definition) is 1. The first-order valence-corrected chi connectivity index (χ1v) is 4.58. The number of nitrogens with two attached hydrogens (primary N) is 1. The molecule has 0 aliphatic heterocycles. The SMILES string of the molecule is C/C(=C/CCN)C[SiH3]. The van der Waals surface area contributed by atoms with Gasteiger partial charge in [-0.05, 0) is 25.9 Å². The molecule has 1 nitrogen and oxygen atoms in total. The first-order valence-electron chi connectivity index (χ1n) is 3.17. The molecule has 2 N–H and O–H groups in total. The van der Waals surface area contributed by atoms with Crippen molar-refractivity contribution in [3.05, 3.63) is 11.6 Å². The van der Waals surface area contributed by atoms with Crippen LogP contribution in [0.1, 0.15) is 13.3 Å². The Morgan fingerprint density at radius 1 is 1.75 bits per heavy atom. The second kappa shape index (κ2) is 5.06. The van der Waals surface area contributed by atoms with Crippen molar-refractivity contribution in [1.82, 2.24) is 0 Å². The van der Waals surface area contributed by atoms with Gasteiger partial charge in [0, 0.05) is 10.2 Å². The summed E-state index contributed by atoms with van der Waals surface area (Å²) in [6.45, 7) is 2.96. The van der Waals surface area contributed by atoms with E-state index in [-0.39, 0.29) is 0 Å². The van der Waals surface area contributed by atoms with Gasteiger partial charge < -0.3 is 5.73 Å². The highest BCUT2D eigenvalue weighted by atomic mass is 28.1. The van der Waals surface area contributed by atoms with Crippen molar-refractivity contribution in [2.24, 2.45) is 5.73 Å². The van der Waals surface area contributed by atoms with Crippen LogP contribution in [0.4, 0.5) is 0 Å². The normalized spacial score (nSPS) is 12.5. The predicted molar refractivity (Wildman–Crippen MR) is 42.2 cm³/mol. The molecule has 0 unspecified atom stereocenters. The summed E-state index contributed by atoms with van der Waals surface area (Å²) >= 11 is 0. The first kappa shape index (κ1) is 7.92. The van der Waals surface area contributed by atoms with E-state index in [9.17, 15) is 0 Å². The van der Waals surface area contributed by atoms with E-state index in [1.807, 2.05) is 0 Å². The molecule has 0 aromatic carbocycles. The van der Waals surface area contributed by atoms with E-state index in [2.05, 4.69) is 13.0 Å². The van der Waals surface area contributed by atoms with Crippen molar-refractivity contribution in [2.45, 2.75) is 19.4 Å². The minimum atomic E-state index is 0.791. The summed E-state index contributed by atoms with van der Waals surface area (Å²) in [5.74, 6) is 0. The van der Waals surface area contributed by atoms with Gasteiger partial charge in [-0.3, -0.25) is 0 Å². The molecule has 8 heavy (non-hydrogen) atoms. The number of allylic oxidation sites excluding steroid dienone is 1. The maximum absolute atomic E-state index is 5.30. The van der Waals surface area contributed by atoms with Gasteiger partial charge in [-0.1, -0.05) is 11.6 Å². The Morgan fingerprint density at radius 3 is 2.75 bits per heavy atom. The number of hydrogen-bond acceptors (Lipinski definition) is 1.